The van der Waals surface area contributed by atoms with E-state index in [1.807, 2.05) is 54.6 Å². The molecule has 140 valence electrons. The molecular formula is C20H22N4O2S. The largest absolute Gasteiger partial charge is 0.356 e. The second-order valence-corrected chi connectivity index (χ2v) is 8.67. The molecule has 2 N–H and O–H groups in total. The first-order valence-electron chi connectivity index (χ1n) is 9.07. The van der Waals surface area contributed by atoms with E-state index < -0.39 is 10.0 Å². The molecule has 0 amide bonds. The van der Waals surface area contributed by atoms with Crippen molar-refractivity contribution in [3.8, 4) is 11.4 Å². The van der Waals surface area contributed by atoms with Gasteiger partial charge in [-0.05, 0) is 30.9 Å². The SMILES string of the molecule is NS(=O)(=O)CC1CCN(c2nc(-c3ccccc3)nc3ccccc23)CC1. The van der Waals surface area contributed by atoms with Gasteiger partial charge in [0, 0.05) is 24.0 Å². The molecule has 3 aromatic rings. The minimum Gasteiger partial charge on any atom is -0.356 e. The number of nitrogens with two attached hydrogens (primary N) is 1. The highest BCUT2D eigenvalue weighted by Gasteiger charge is 2.25. The molecule has 0 bridgehead atoms. The number of piperidine rings is 1. The van der Waals surface area contributed by atoms with E-state index in [0.717, 1.165) is 48.2 Å². The number of benzene rings is 2. The molecule has 7 heteroatoms. The molecule has 2 aromatic carbocycles. The molecule has 0 aliphatic carbocycles. The molecule has 1 aromatic heterocycles. The standard InChI is InChI=1S/C20H22N4O2S/c21-27(25,26)14-15-10-12-24(13-11-15)20-17-8-4-5-9-18(17)22-19(23-20)16-6-2-1-3-7-16/h1-9,15H,10-14H2,(H2,21,25,26). The van der Waals surface area contributed by atoms with Gasteiger partial charge in [0.05, 0.1) is 11.3 Å². The Labute approximate surface area is 159 Å². The fraction of sp³-hybridized carbons (Fsp3) is 0.300. The minimum atomic E-state index is -3.43. The Morgan fingerprint density at radius 3 is 2.33 bits per heavy atom. The van der Waals surface area contributed by atoms with Gasteiger partial charge in [-0.15, -0.1) is 0 Å². The number of fused-ring (bicyclic) bond motifs is 1. The smallest absolute Gasteiger partial charge is 0.209 e. The zero-order chi connectivity index (χ0) is 18.9. The summed E-state index contributed by atoms with van der Waals surface area (Å²) in [6.07, 6.45) is 1.57. The average Bonchev–Trinajstić information content (AvgIpc) is 2.67. The van der Waals surface area contributed by atoms with E-state index in [1.165, 1.54) is 0 Å². The molecule has 27 heavy (non-hydrogen) atoms. The van der Waals surface area contributed by atoms with Crippen LogP contribution in [0.15, 0.2) is 54.6 Å². The Morgan fingerprint density at radius 1 is 0.963 bits per heavy atom. The molecule has 0 unspecified atom stereocenters. The summed E-state index contributed by atoms with van der Waals surface area (Å²) in [5, 5.41) is 6.22. The molecule has 1 saturated heterocycles. The van der Waals surface area contributed by atoms with E-state index in [2.05, 4.69) is 4.90 Å². The number of hydrogen-bond acceptors (Lipinski definition) is 5. The van der Waals surface area contributed by atoms with E-state index in [-0.39, 0.29) is 11.7 Å². The quantitative estimate of drug-likeness (QED) is 0.749. The second kappa shape index (κ2) is 7.25. The number of para-hydroxylation sites is 1. The van der Waals surface area contributed by atoms with Crippen molar-refractivity contribution in [2.75, 3.05) is 23.7 Å². The molecule has 0 spiro atoms. The highest BCUT2D eigenvalue weighted by Crippen LogP contribution is 2.30. The Morgan fingerprint density at radius 2 is 1.63 bits per heavy atom. The maximum absolute atomic E-state index is 11.4. The van der Waals surface area contributed by atoms with Crippen LogP contribution in [0.5, 0.6) is 0 Å². The lowest BCUT2D eigenvalue weighted by Gasteiger charge is -2.33. The maximum Gasteiger partial charge on any atom is 0.209 e. The van der Waals surface area contributed by atoms with E-state index in [1.54, 1.807) is 0 Å². The molecule has 1 aliphatic heterocycles. The van der Waals surface area contributed by atoms with Crippen molar-refractivity contribution >= 4 is 26.7 Å². The summed E-state index contributed by atoms with van der Waals surface area (Å²) in [7, 11) is -3.43. The van der Waals surface area contributed by atoms with Crippen molar-refractivity contribution in [3.63, 3.8) is 0 Å². The lowest BCUT2D eigenvalue weighted by molar-refractivity contribution is 0.435. The van der Waals surface area contributed by atoms with Crippen molar-refractivity contribution in [1.29, 1.82) is 0 Å². The molecule has 0 radical (unpaired) electrons. The molecule has 1 aliphatic rings. The summed E-state index contributed by atoms with van der Waals surface area (Å²) < 4.78 is 22.7. The third kappa shape index (κ3) is 4.09. The molecule has 1 fully saturated rings. The highest BCUT2D eigenvalue weighted by molar-refractivity contribution is 7.89. The Bertz CT molecular complexity index is 1050. The van der Waals surface area contributed by atoms with Crippen LogP contribution >= 0.6 is 0 Å². The number of rotatable bonds is 4. The first-order chi connectivity index (χ1) is 13.0. The van der Waals surface area contributed by atoms with Gasteiger partial charge in [-0.1, -0.05) is 42.5 Å². The van der Waals surface area contributed by atoms with Gasteiger partial charge in [0.25, 0.3) is 0 Å². The van der Waals surface area contributed by atoms with E-state index in [4.69, 9.17) is 15.1 Å². The fourth-order valence-electron chi connectivity index (χ4n) is 3.66. The predicted molar refractivity (Wildman–Crippen MR) is 108 cm³/mol. The number of sulfonamides is 1. The number of primary sulfonamides is 1. The van der Waals surface area contributed by atoms with Crippen molar-refractivity contribution in [2.24, 2.45) is 11.1 Å². The number of anilines is 1. The molecular weight excluding hydrogens is 360 g/mol. The van der Waals surface area contributed by atoms with Gasteiger partial charge in [-0.2, -0.15) is 0 Å². The summed E-state index contributed by atoms with van der Waals surface area (Å²) in [6, 6.07) is 18.0. The zero-order valence-electron chi connectivity index (χ0n) is 15.0. The van der Waals surface area contributed by atoms with Gasteiger partial charge >= 0.3 is 0 Å². The summed E-state index contributed by atoms with van der Waals surface area (Å²) in [4.78, 5) is 11.8. The predicted octanol–water partition coefficient (Wildman–Crippen LogP) is 2.80. The lowest BCUT2D eigenvalue weighted by Crippen LogP contribution is -2.37. The van der Waals surface area contributed by atoms with Crippen LogP contribution in [-0.4, -0.2) is 37.2 Å². The molecule has 0 saturated carbocycles. The van der Waals surface area contributed by atoms with Crippen molar-refractivity contribution < 1.29 is 8.42 Å². The normalized spacial score (nSPS) is 16.0. The topological polar surface area (TPSA) is 89.2 Å². The third-order valence-corrected chi connectivity index (χ3v) is 5.93. The molecule has 2 heterocycles. The average molecular weight is 382 g/mol. The van der Waals surface area contributed by atoms with Crippen LogP contribution < -0.4 is 10.0 Å². The van der Waals surface area contributed by atoms with Crippen molar-refractivity contribution in [2.45, 2.75) is 12.8 Å². The van der Waals surface area contributed by atoms with E-state index >= 15 is 0 Å². The Balaban J connectivity index is 1.67. The molecule has 0 atom stereocenters. The monoisotopic (exact) mass is 382 g/mol. The van der Waals surface area contributed by atoms with Crippen LogP contribution in [0.2, 0.25) is 0 Å². The first kappa shape index (κ1) is 17.9. The minimum absolute atomic E-state index is 0.0562. The summed E-state index contributed by atoms with van der Waals surface area (Å²) >= 11 is 0. The summed E-state index contributed by atoms with van der Waals surface area (Å²) in [5.74, 6) is 1.78. The van der Waals surface area contributed by atoms with E-state index in [9.17, 15) is 8.42 Å². The van der Waals surface area contributed by atoms with Crippen molar-refractivity contribution in [1.82, 2.24) is 9.97 Å². The first-order valence-corrected chi connectivity index (χ1v) is 10.8. The lowest BCUT2D eigenvalue weighted by atomic mass is 9.98. The summed E-state index contributed by atoms with van der Waals surface area (Å²) in [6.45, 7) is 1.52. The van der Waals surface area contributed by atoms with Gasteiger partial charge < -0.3 is 4.90 Å². The Hall–Kier alpha value is -2.51. The van der Waals surface area contributed by atoms with Gasteiger partial charge in [0.1, 0.15) is 5.82 Å². The van der Waals surface area contributed by atoms with E-state index in [0.29, 0.717) is 5.82 Å². The highest BCUT2D eigenvalue weighted by atomic mass is 32.2. The van der Waals surface area contributed by atoms with Crippen LogP contribution in [0, 0.1) is 5.92 Å². The zero-order valence-corrected chi connectivity index (χ0v) is 15.8. The molecule has 4 rings (SSSR count). The maximum atomic E-state index is 11.4. The number of nitrogens with zero attached hydrogens (tertiary/aromatic N) is 3. The number of hydrogen-bond donors (Lipinski definition) is 1. The van der Waals surface area contributed by atoms with Crippen LogP contribution in [0.3, 0.4) is 0 Å². The van der Waals surface area contributed by atoms with Crippen LogP contribution in [0.4, 0.5) is 5.82 Å². The third-order valence-electron chi connectivity index (χ3n) is 5.00. The van der Waals surface area contributed by atoms with Crippen LogP contribution in [0.25, 0.3) is 22.3 Å². The van der Waals surface area contributed by atoms with Gasteiger partial charge in [0.15, 0.2) is 5.82 Å². The van der Waals surface area contributed by atoms with Gasteiger partial charge in [0.2, 0.25) is 10.0 Å². The molecule has 6 nitrogen and oxygen atoms in total. The van der Waals surface area contributed by atoms with Crippen molar-refractivity contribution in [3.05, 3.63) is 54.6 Å². The number of aromatic nitrogens is 2. The Kier molecular flexibility index (Phi) is 4.80. The van der Waals surface area contributed by atoms with Gasteiger partial charge in [-0.3, -0.25) is 0 Å². The fourth-order valence-corrected chi connectivity index (χ4v) is 4.65. The second-order valence-electron chi connectivity index (χ2n) is 7.01. The summed E-state index contributed by atoms with van der Waals surface area (Å²) in [5.41, 5.74) is 1.89. The van der Waals surface area contributed by atoms with Crippen LogP contribution in [-0.2, 0) is 10.0 Å². The van der Waals surface area contributed by atoms with Gasteiger partial charge in [-0.25, -0.2) is 23.5 Å². The van der Waals surface area contributed by atoms with Crippen LogP contribution in [0.1, 0.15) is 12.8 Å².